The Kier molecular flexibility index (Phi) is 5.21. The van der Waals surface area contributed by atoms with Gasteiger partial charge >= 0.3 is 0 Å². The molecule has 1 rings (SSSR count). The number of sulfonamides is 1. The van der Waals surface area contributed by atoms with Crippen LogP contribution in [-0.2, 0) is 16.4 Å². The first-order chi connectivity index (χ1) is 7.14. The number of hydrogen-bond donors (Lipinski definition) is 1. The van der Waals surface area contributed by atoms with E-state index in [9.17, 15) is 8.42 Å². The number of nitrogens with one attached hydrogen (secondary N) is 1. The molecule has 0 amide bonds. The fraction of sp³-hybridized carbons (Fsp3) is 0.667. The van der Waals surface area contributed by atoms with E-state index in [1.165, 1.54) is 11.3 Å². The quantitative estimate of drug-likeness (QED) is 0.793. The second-order valence-electron chi connectivity index (χ2n) is 3.30. The van der Waals surface area contributed by atoms with Crippen LogP contribution in [-0.4, -0.2) is 25.7 Å². The molecule has 86 valence electrons. The third-order valence-corrected chi connectivity index (χ3v) is 4.06. The number of thiazole rings is 1. The van der Waals surface area contributed by atoms with Crippen molar-refractivity contribution in [3.8, 4) is 0 Å². The van der Waals surface area contributed by atoms with Gasteiger partial charge in [0.2, 0.25) is 10.0 Å². The molecule has 0 aliphatic rings. The summed E-state index contributed by atoms with van der Waals surface area (Å²) in [5.74, 6) is 0.223. The van der Waals surface area contributed by atoms with Crippen LogP contribution >= 0.6 is 11.3 Å². The maximum Gasteiger partial charge on any atom is 0.211 e. The molecule has 0 bridgehead atoms. The summed E-state index contributed by atoms with van der Waals surface area (Å²) in [5, 5.41) is 1.93. The highest BCUT2D eigenvalue weighted by molar-refractivity contribution is 7.89. The van der Waals surface area contributed by atoms with Gasteiger partial charge in [0.1, 0.15) is 0 Å². The van der Waals surface area contributed by atoms with Crippen molar-refractivity contribution < 1.29 is 8.42 Å². The maximum atomic E-state index is 11.4. The monoisotopic (exact) mass is 248 g/mol. The summed E-state index contributed by atoms with van der Waals surface area (Å²) < 4.78 is 25.3. The van der Waals surface area contributed by atoms with Crippen molar-refractivity contribution in [3.63, 3.8) is 0 Å². The predicted molar refractivity (Wildman–Crippen MR) is 62.5 cm³/mol. The molecule has 1 heterocycles. The van der Waals surface area contributed by atoms with Crippen LogP contribution in [0.4, 0.5) is 0 Å². The Hall–Kier alpha value is -0.460. The molecule has 0 aromatic carbocycles. The second kappa shape index (κ2) is 6.19. The van der Waals surface area contributed by atoms with Gasteiger partial charge in [-0.1, -0.05) is 13.3 Å². The molecule has 4 nitrogen and oxygen atoms in total. The van der Waals surface area contributed by atoms with E-state index in [0.717, 1.165) is 12.1 Å². The molecule has 1 aromatic rings. The molecule has 0 radical (unpaired) electrons. The zero-order chi connectivity index (χ0) is 11.1. The van der Waals surface area contributed by atoms with Gasteiger partial charge < -0.3 is 0 Å². The fourth-order valence-corrected chi connectivity index (χ4v) is 2.92. The van der Waals surface area contributed by atoms with E-state index < -0.39 is 10.0 Å². The highest BCUT2D eigenvalue weighted by Crippen LogP contribution is 2.01. The lowest BCUT2D eigenvalue weighted by molar-refractivity contribution is 0.578. The van der Waals surface area contributed by atoms with Crippen molar-refractivity contribution >= 4 is 21.4 Å². The molecule has 0 atom stereocenters. The predicted octanol–water partition coefficient (Wildman–Crippen LogP) is 1.41. The Labute approximate surface area is 94.8 Å². The lowest BCUT2D eigenvalue weighted by atomic mass is 10.3. The van der Waals surface area contributed by atoms with E-state index in [4.69, 9.17) is 0 Å². The summed E-state index contributed by atoms with van der Waals surface area (Å²) in [6, 6.07) is 0. The number of rotatable bonds is 7. The Balaban J connectivity index is 2.24. The highest BCUT2D eigenvalue weighted by Gasteiger charge is 2.08. The number of hydrogen-bond acceptors (Lipinski definition) is 4. The first-order valence-electron chi connectivity index (χ1n) is 4.98. The van der Waals surface area contributed by atoms with Crippen LogP contribution in [0.15, 0.2) is 10.9 Å². The Bertz CT molecular complexity index is 359. The average molecular weight is 248 g/mol. The van der Waals surface area contributed by atoms with Crippen LogP contribution in [0.2, 0.25) is 0 Å². The largest absolute Gasteiger partial charge is 0.250 e. The minimum Gasteiger partial charge on any atom is -0.250 e. The molecular weight excluding hydrogens is 232 g/mol. The van der Waals surface area contributed by atoms with Crippen molar-refractivity contribution in [2.24, 2.45) is 0 Å². The molecule has 6 heteroatoms. The molecule has 1 aromatic heterocycles. The first-order valence-corrected chi connectivity index (χ1v) is 7.58. The van der Waals surface area contributed by atoms with Crippen LogP contribution in [0.25, 0.3) is 0 Å². The van der Waals surface area contributed by atoms with E-state index in [1.54, 1.807) is 5.51 Å². The van der Waals surface area contributed by atoms with Crippen molar-refractivity contribution in [1.29, 1.82) is 0 Å². The lowest BCUT2D eigenvalue weighted by Gasteiger charge is -2.04. The van der Waals surface area contributed by atoms with Crippen molar-refractivity contribution in [2.45, 2.75) is 26.2 Å². The molecule has 15 heavy (non-hydrogen) atoms. The Morgan fingerprint density at radius 3 is 2.93 bits per heavy atom. The summed E-state index contributed by atoms with van der Waals surface area (Å²) in [5.41, 5.74) is 2.69. The van der Waals surface area contributed by atoms with E-state index in [-0.39, 0.29) is 5.75 Å². The molecule has 0 aliphatic heterocycles. The van der Waals surface area contributed by atoms with E-state index in [0.29, 0.717) is 19.4 Å². The molecule has 0 aliphatic carbocycles. The summed E-state index contributed by atoms with van der Waals surface area (Å²) in [7, 11) is -3.07. The Morgan fingerprint density at radius 2 is 2.33 bits per heavy atom. The standard InChI is InChI=1S/C9H16N2O2S2/c1-2-3-6-15(12,13)11-5-4-9-7-14-8-10-9/h7-8,11H,2-6H2,1H3. The van der Waals surface area contributed by atoms with Gasteiger partial charge in [0.05, 0.1) is 17.0 Å². The van der Waals surface area contributed by atoms with Crippen LogP contribution in [0, 0.1) is 0 Å². The Morgan fingerprint density at radius 1 is 1.53 bits per heavy atom. The third-order valence-electron chi connectivity index (χ3n) is 1.95. The number of unbranched alkanes of at least 4 members (excludes halogenated alkanes) is 1. The normalized spacial score (nSPS) is 11.8. The first kappa shape index (κ1) is 12.6. The molecule has 0 spiro atoms. The van der Waals surface area contributed by atoms with Gasteiger partial charge in [-0.25, -0.2) is 18.1 Å². The van der Waals surface area contributed by atoms with Crippen LogP contribution < -0.4 is 4.72 Å². The van der Waals surface area contributed by atoms with Gasteiger partial charge in [-0.2, -0.15) is 0 Å². The van der Waals surface area contributed by atoms with E-state index in [1.807, 2.05) is 12.3 Å². The van der Waals surface area contributed by atoms with Crippen LogP contribution in [0.1, 0.15) is 25.5 Å². The minimum absolute atomic E-state index is 0.223. The average Bonchev–Trinajstić information content (AvgIpc) is 2.67. The third kappa shape index (κ3) is 5.25. The fourth-order valence-electron chi connectivity index (χ4n) is 1.10. The van der Waals surface area contributed by atoms with Gasteiger partial charge in [-0.3, -0.25) is 0 Å². The van der Waals surface area contributed by atoms with Crippen molar-refractivity contribution in [1.82, 2.24) is 9.71 Å². The smallest absolute Gasteiger partial charge is 0.211 e. The number of nitrogens with zero attached hydrogens (tertiary/aromatic N) is 1. The number of aromatic nitrogens is 1. The zero-order valence-electron chi connectivity index (χ0n) is 8.77. The summed E-state index contributed by atoms with van der Waals surface area (Å²) in [6.45, 7) is 2.42. The molecule has 0 unspecified atom stereocenters. The summed E-state index contributed by atoms with van der Waals surface area (Å²) in [6.07, 6.45) is 2.27. The molecular formula is C9H16N2O2S2. The SMILES string of the molecule is CCCCS(=O)(=O)NCCc1cscn1. The van der Waals surface area contributed by atoms with E-state index >= 15 is 0 Å². The van der Waals surface area contributed by atoms with Crippen LogP contribution in [0.5, 0.6) is 0 Å². The van der Waals surface area contributed by atoms with Crippen molar-refractivity contribution in [3.05, 3.63) is 16.6 Å². The summed E-state index contributed by atoms with van der Waals surface area (Å²) >= 11 is 1.52. The zero-order valence-corrected chi connectivity index (χ0v) is 10.4. The van der Waals surface area contributed by atoms with E-state index in [2.05, 4.69) is 9.71 Å². The molecule has 0 fully saturated rings. The minimum atomic E-state index is -3.07. The lowest BCUT2D eigenvalue weighted by Crippen LogP contribution is -2.28. The molecule has 1 N–H and O–H groups in total. The van der Waals surface area contributed by atoms with Gasteiger partial charge in [0.15, 0.2) is 0 Å². The van der Waals surface area contributed by atoms with Gasteiger partial charge in [0.25, 0.3) is 0 Å². The van der Waals surface area contributed by atoms with Gasteiger partial charge in [-0.15, -0.1) is 11.3 Å². The maximum absolute atomic E-state index is 11.4. The van der Waals surface area contributed by atoms with Crippen molar-refractivity contribution in [2.75, 3.05) is 12.3 Å². The molecule has 0 saturated carbocycles. The molecule has 0 saturated heterocycles. The van der Waals surface area contributed by atoms with Gasteiger partial charge in [-0.05, 0) is 6.42 Å². The highest BCUT2D eigenvalue weighted by atomic mass is 32.2. The van der Waals surface area contributed by atoms with Gasteiger partial charge in [0, 0.05) is 18.3 Å². The topological polar surface area (TPSA) is 59.1 Å². The van der Waals surface area contributed by atoms with Crippen LogP contribution in [0.3, 0.4) is 0 Å². The second-order valence-corrected chi connectivity index (χ2v) is 5.94. The summed E-state index contributed by atoms with van der Waals surface area (Å²) in [4.78, 5) is 4.08.